The van der Waals surface area contributed by atoms with Gasteiger partial charge in [0.1, 0.15) is 0 Å². The fourth-order valence-electron chi connectivity index (χ4n) is 1.53. The van der Waals surface area contributed by atoms with E-state index in [1.807, 2.05) is 0 Å². The van der Waals surface area contributed by atoms with Gasteiger partial charge in [-0.3, -0.25) is 0 Å². The van der Waals surface area contributed by atoms with Crippen LogP contribution in [0.1, 0.15) is 30.5 Å². The lowest BCUT2D eigenvalue weighted by Crippen LogP contribution is -2.20. The monoisotopic (exact) mass is 219 g/mol. The van der Waals surface area contributed by atoms with Crippen LogP contribution in [0, 0.1) is 6.92 Å². The van der Waals surface area contributed by atoms with Crippen molar-refractivity contribution in [1.29, 1.82) is 0 Å². The minimum atomic E-state index is 0.393. The van der Waals surface area contributed by atoms with Gasteiger partial charge in [0.05, 0.1) is 12.9 Å². The molecule has 0 saturated heterocycles. The highest BCUT2D eigenvalue weighted by atomic mass is 16.5. The van der Waals surface area contributed by atoms with Crippen molar-refractivity contribution in [2.45, 2.75) is 26.3 Å². The topological polar surface area (TPSA) is 21.3 Å². The van der Waals surface area contributed by atoms with Crippen LogP contribution in [0.5, 0.6) is 0 Å². The molecule has 0 heterocycles. The summed E-state index contributed by atoms with van der Waals surface area (Å²) in [6.45, 7) is 9.49. The van der Waals surface area contributed by atoms with Crippen molar-refractivity contribution in [3.05, 3.63) is 48.2 Å². The van der Waals surface area contributed by atoms with E-state index in [9.17, 15) is 0 Å². The van der Waals surface area contributed by atoms with Crippen molar-refractivity contribution in [3.8, 4) is 0 Å². The molecule has 0 aromatic heterocycles. The highest BCUT2D eigenvalue weighted by Crippen LogP contribution is 2.12. The van der Waals surface area contributed by atoms with Crippen LogP contribution in [0.3, 0.4) is 0 Å². The minimum Gasteiger partial charge on any atom is -0.502 e. The quantitative estimate of drug-likeness (QED) is 0.561. The summed E-state index contributed by atoms with van der Waals surface area (Å²) < 4.78 is 5.06. The summed E-state index contributed by atoms with van der Waals surface area (Å²) in [6.07, 6.45) is 2.49. The van der Waals surface area contributed by atoms with E-state index in [1.165, 1.54) is 17.4 Å². The highest BCUT2D eigenvalue weighted by Gasteiger charge is 2.02. The van der Waals surface area contributed by atoms with Gasteiger partial charge >= 0.3 is 0 Å². The zero-order valence-corrected chi connectivity index (χ0v) is 10.2. The second-order valence-electron chi connectivity index (χ2n) is 3.98. The van der Waals surface area contributed by atoms with Crippen LogP contribution in [-0.4, -0.2) is 13.2 Å². The third-order valence-corrected chi connectivity index (χ3v) is 2.58. The maximum Gasteiger partial charge on any atom is 0.0885 e. The average Bonchev–Trinajstić information content (AvgIpc) is 2.29. The van der Waals surface area contributed by atoms with Crippen molar-refractivity contribution in [2.24, 2.45) is 0 Å². The Morgan fingerprint density at radius 3 is 2.69 bits per heavy atom. The van der Waals surface area contributed by atoms with Crippen LogP contribution in [0.25, 0.3) is 0 Å². The first-order valence-electron chi connectivity index (χ1n) is 5.76. The third-order valence-electron chi connectivity index (χ3n) is 2.58. The number of benzene rings is 1. The molecular weight excluding hydrogens is 198 g/mol. The van der Waals surface area contributed by atoms with Crippen LogP contribution in [0.2, 0.25) is 0 Å². The van der Waals surface area contributed by atoms with E-state index >= 15 is 0 Å². The highest BCUT2D eigenvalue weighted by molar-refractivity contribution is 5.23. The number of rotatable bonds is 7. The molecule has 1 N–H and O–H groups in total. The standard InChI is InChI=1S/C14H21NO/c1-4-16-11-5-10-15-13(3)14-8-6-12(2)7-9-14/h4,6-9,13,15H,1,5,10-11H2,2-3H3. The van der Waals surface area contributed by atoms with E-state index in [1.54, 1.807) is 0 Å². The largest absolute Gasteiger partial charge is 0.502 e. The molecule has 0 amide bonds. The van der Waals surface area contributed by atoms with Gasteiger partial charge in [-0.2, -0.15) is 0 Å². The van der Waals surface area contributed by atoms with Crippen LogP contribution in [0.15, 0.2) is 37.1 Å². The number of hydrogen-bond acceptors (Lipinski definition) is 2. The summed E-state index contributed by atoms with van der Waals surface area (Å²) in [7, 11) is 0. The summed E-state index contributed by atoms with van der Waals surface area (Å²) >= 11 is 0. The van der Waals surface area contributed by atoms with E-state index < -0.39 is 0 Å². The second kappa shape index (κ2) is 7.07. The molecule has 16 heavy (non-hydrogen) atoms. The number of ether oxygens (including phenoxy) is 1. The molecule has 0 aliphatic heterocycles. The molecule has 2 heteroatoms. The first kappa shape index (κ1) is 12.8. The lowest BCUT2D eigenvalue weighted by Gasteiger charge is -2.14. The molecule has 0 radical (unpaired) electrons. The maximum absolute atomic E-state index is 5.06. The first-order valence-corrected chi connectivity index (χ1v) is 5.76. The zero-order valence-electron chi connectivity index (χ0n) is 10.2. The summed E-state index contributed by atoms with van der Waals surface area (Å²) in [4.78, 5) is 0. The molecule has 0 aliphatic rings. The van der Waals surface area contributed by atoms with Gasteiger partial charge < -0.3 is 10.1 Å². The van der Waals surface area contributed by atoms with Gasteiger partial charge in [0.15, 0.2) is 0 Å². The van der Waals surface area contributed by atoms with Crippen molar-refractivity contribution >= 4 is 0 Å². The smallest absolute Gasteiger partial charge is 0.0885 e. The molecule has 1 atom stereocenters. The fourth-order valence-corrected chi connectivity index (χ4v) is 1.53. The van der Waals surface area contributed by atoms with Crippen LogP contribution >= 0.6 is 0 Å². The Balaban J connectivity index is 2.26. The van der Waals surface area contributed by atoms with Gasteiger partial charge in [-0.25, -0.2) is 0 Å². The van der Waals surface area contributed by atoms with E-state index in [0.717, 1.165) is 19.6 Å². The molecule has 2 nitrogen and oxygen atoms in total. The summed E-state index contributed by atoms with van der Waals surface area (Å²) in [5.41, 5.74) is 2.63. The Kier molecular flexibility index (Phi) is 5.65. The third kappa shape index (κ3) is 4.49. The SMILES string of the molecule is C=COCCCNC(C)c1ccc(C)cc1. The lowest BCUT2D eigenvalue weighted by molar-refractivity contribution is 0.243. The molecule has 0 bridgehead atoms. The van der Waals surface area contributed by atoms with Crippen molar-refractivity contribution in [3.63, 3.8) is 0 Å². The predicted molar refractivity (Wildman–Crippen MR) is 68.4 cm³/mol. The van der Waals surface area contributed by atoms with Crippen molar-refractivity contribution in [2.75, 3.05) is 13.2 Å². The van der Waals surface area contributed by atoms with E-state index in [2.05, 4.69) is 50.0 Å². The Bertz CT molecular complexity index is 305. The zero-order chi connectivity index (χ0) is 11.8. The number of nitrogens with one attached hydrogen (secondary N) is 1. The molecule has 1 aromatic carbocycles. The molecule has 0 fully saturated rings. The Morgan fingerprint density at radius 2 is 2.06 bits per heavy atom. The number of hydrogen-bond donors (Lipinski definition) is 1. The molecule has 0 saturated carbocycles. The molecule has 1 rings (SSSR count). The van der Waals surface area contributed by atoms with Gasteiger partial charge in [0, 0.05) is 6.04 Å². The molecule has 1 unspecified atom stereocenters. The van der Waals surface area contributed by atoms with Gasteiger partial charge in [-0.15, -0.1) is 0 Å². The van der Waals surface area contributed by atoms with Crippen molar-refractivity contribution in [1.82, 2.24) is 5.32 Å². The van der Waals surface area contributed by atoms with Crippen molar-refractivity contribution < 1.29 is 4.74 Å². The summed E-state index contributed by atoms with van der Waals surface area (Å²) in [5.74, 6) is 0. The lowest BCUT2D eigenvalue weighted by atomic mass is 10.1. The molecular formula is C14H21NO. The normalized spacial score (nSPS) is 12.1. The van der Waals surface area contributed by atoms with Gasteiger partial charge in [-0.05, 0) is 32.4 Å². The Morgan fingerprint density at radius 1 is 1.38 bits per heavy atom. The van der Waals surface area contributed by atoms with Gasteiger partial charge in [0.2, 0.25) is 0 Å². The molecule has 0 spiro atoms. The molecule has 0 aliphatic carbocycles. The maximum atomic E-state index is 5.06. The molecule has 88 valence electrons. The van der Waals surface area contributed by atoms with Gasteiger partial charge in [0.25, 0.3) is 0 Å². The second-order valence-corrected chi connectivity index (χ2v) is 3.98. The van der Waals surface area contributed by atoms with E-state index in [4.69, 9.17) is 4.74 Å². The summed E-state index contributed by atoms with van der Waals surface area (Å²) in [5, 5.41) is 3.46. The van der Waals surface area contributed by atoms with Crippen LogP contribution in [0.4, 0.5) is 0 Å². The predicted octanol–water partition coefficient (Wildman–Crippen LogP) is 3.20. The Labute approximate surface area is 98.3 Å². The number of aryl methyl sites for hydroxylation is 1. The minimum absolute atomic E-state index is 0.393. The average molecular weight is 219 g/mol. The first-order chi connectivity index (χ1) is 7.74. The summed E-state index contributed by atoms with van der Waals surface area (Å²) in [6, 6.07) is 9.03. The fraction of sp³-hybridized carbons (Fsp3) is 0.429. The van der Waals surface area contributed by atoms with E-state index in [-0.39, 0.29) is 0 Å². The van der Waals surface area contributed by atoms with E-state index in [0.29, 0.717) is 6.04 Å². The Hall–Kier alpha value is -1.28. The van der Waals surface area contributed by atoms with Gasteiger partial charge in [-0.1, -0.05) is 36.4 Å². The van der Waals surface area contributed by atoms with Crippen LogP contribution in [-0.2, 0) is 4.74 Å². The molecule has 1 aromatic rings. The van der Waals surface area contributed by atoms with Crippen LogP contribution < -0.4 is 5.32 Å².